The number of hydrogen-bond acceptors (Lipinski definition) is 2. The predicted octanol–water partition coefficient (Wildman–Crippen LogP) is 12.4. The lowest BCUT2D eigenvalue weighted by molar-refractivity contribution is 0.0686. The minimum atomic E-state index is -0.915. The summed E-state index contributed by atoms with van der Waals surface area (Å²) >= 11 is 0. The van der Waals surface area contributed by atoms with E-state index in [9.17, 15) is 19.8 Å². The van der Waals surface area contributed by atoms with E-state index in [1.165, 1.54) is 16.7 Å². The molecule has 266 valence electrons. The molecular weight excluding hydrogens is 617 g/mol. The van der Waals surface area contributed by atoms with E-state index in [2.05, 4.69) is 116 Å². The highest BCUT2D eigenvalue weighted by Gasteiger charge is 2.43. The van der Waals surface area contributed by atoms with Gasteiger partial charge >= 0.3 is 11.9 Å². The minimum absolute atomic E-state index is 0.102. The van der Waals surface area contributed by atoms with E-state index in [1.807, 2.05) is 24.3 Å². The fourth-order valence-electron chi connectivity index (χ4n) is 8.19. The van der Waals surface area contributed by atoms with Crippen molar-refractivity contribution in [1.29, 1.82) is 0 Å². The van der Waals surface area contributed by atoms with Crippen LogP contribution in [0, 0.1) is 22.7 Å². The monoisotopic (exact) mass is 674 g/mol. The number of hydrogen-bond donors (Lipinski definition) is 2. The fraction of sp³-hybridized carbons (Fsp3) is 0.435. The summed E-state index contributed by atoms with van der Waals surface area (Å²) in [7, 11) is 0. The molecule has 0 amide bonds. The third kappa shape index (κ3) is 9.33. The van der Waals surface area contributed by atoms with Gasteiger partial charge in [-0.25, -0.2) is 9.59 Å². The van der Waals surface area contributed by atoms with Crippen LogP contribution in [-0.2, 0) is 0 Å². The molecule has 0 saturated carbocycles. The van der Waals surface area contributed by atoms with Crippen molar-refractivity contribution in [3.05, 3.63) is 143 Å². The summed E-state index contributed by atoms with van der Waals surface area (Å²) in [4.78, 5) is 23.5. The third-order valence-electron chi connectivity index (χ3n) is 11.9. The molecule has 6 unspecified atom stereocenters. The van der Waals surface area contributed by atoms with E-state index < -0.39 is 11.9 Å². The second-order valence-corrected chi connectivity index (χ2v) is 16.0. The molecule has 0 heterocycles. The van der Waals surface area contributed by atoms with Crippen LogP contribution in [0.2, 0.25) is 0 Å². The summed E-state index contributed by atoms with van der Waals surface area (Å²) in [6.07, 6.45) is 3.85. The lowest BCUT2D eigenvalue weighted by atomic mass is 9.57. The topological polar surface area (TPSA) is 74.6 Å². The summed E-state index contributed by atoms with van der Waals surface area (Å²) in [5, 5.41) is 19.3. The van der Waals surface area contributed by atoms with Gasteiger partial charge in [0, 0.05) is 0 Å². The van der Waals surface area contributed by atoms with E-state index in [-0.39, 0.29) is 22.7 Å². The molecule has 4 aromatic carbocycles. The van der Waals surface area contributed by atoms with Crippen molar-refractivity contribution < 1.29 is 19.8 Å². The maximum atomic E-state index is 11.9. The largest absolute Gasteiger partial charge is 0.478 e. The van der Waals surface area contributed by atoms with Gasteiger partial charge < -0.3 is 10.2 Å². The zero-order valence-corrected chi connectivity index (χ0v) is 31.4. The van der Waals surface area contributed by atoms with Gasteiger partial charge in [-0.05, 0) is 112 Å². The molecule has 0 aliphatic carbocycles. The quantitative estimate of drug-likeness (QED) is 0.117. The molecule has 0 radical (unpaired) electrons. The van der Waals surface area contributed by atoms with Crippen LogP contribution in [0.15, 0.2) is 109 Å². The van der Waals surface area contributed by atoms with Crippen LogP contribution in [0.3, 0.4) is 0 Å². The van der Waals surface area contributed by atoms with E-state index in [0.29, 0.717) is 34.8 Å². The van der Waals surface area contributed by atoms with E-state index in [4.69, 9.17) is 0 Å². The molecule has 0 fully saturated rings. The first-order chi connectivity index (χ1) is 23.7. The Hall–Kier alpha value is -4.18. The second-order valence-electron chi connectivity index (χ2n) is 16.0. The zero-order chi connectivity index (χ0) is 36.6. The van der Waals surface area contributed by atoms with Crippen LogP contribution in [0.25, 0.3) is 0 Å². The Morgan fingerprint density at radius 2 is 1.02 bits per heavy atom. The average Bonchev–Trinajstić information content (AvgIpc) is 3.12. The van der Waals surface area contributed by atoms with Gasteiger partial charge in [0.25, 0.3) is 0 Å². The van der Waals surface area contributed by atoms with Crippen LogP contribution < -0.4 is 0 Å². The van der Waals surface area contributed by atoms with Crippen molar-refractivity contribution in [2.24, 2.45) is 22.7 Å². The number of aromatic carboxylic acids is 2. The van der Waals surface area contributed by atoms with Gasteiger partial charge in [-0.15, -0.1) is 0 Å². The third-order valence-corrected chi connectivity index (χ3v) is 11.9. The summed E-state index contributed by atoms with van der Waals surface area (Å²) < 4.78 is 0. The highest BCUT2D eigenvalue weighted by atomic mass is 16.4. The molecule has 0 spiro atoms. The Morgan fingerprint density at radius 1 is 0.580 bits per heavy atom. The lowest BCUT2D eigenvalue weighted by Crippen LogP contribution is -2.35. The number of benzene rings is 4. The maximum Gasteiger partial charge on any atom is 0.335 e. The summed E-state index contributed by atoms with van der Waals surface area (Å²) in [6.45, 7) is 18.8. The molecule has 4 nitrogen and oxygen atoms in total. The Balaban J connectivity index is 1.77. The van der Waals surface area contributed by atoms with E-state index in [0.717, 1.165) is 31.2 Å². The standard InChI is InChI=1S/C46H58O4/c1-9-46(8,29-40(31(2)3)35-20-24-38(25-21-35)43(47)48)42(37-22-26-39(27-23-37)44(49)50)30-45(6,7)41(36-18-14-11-15-19-36)28-32(4)33(5)34-16-12-10-13-17-34/h10-27,31-33,40-42H,9,28-30H2,1-8H3,(H,47,48)(H,49,50). The second kappa shape index (κ2) is 16.7. The first-order valence-electron chi connectivity index (χ1n) is 18.4. The molecular formula is C46H58O4. The van der Waals surface area contributed by atoms with Gasteiger partial charge in [0.1, 0.15) is 0 Å². The molecule has 50 heavy (non-hydrogen) atoms. The molecule has 0 aliphatic heterocycles. The van der Waals surface area contributed by atoms with Crippen LogP contribution in [-0.4, -0.2) is 22.2 Å². The SMILES string of the molecule is CCC(C)(CC(c1ccc(C(=O)O)cc1)C(C)C)C(CC(C)(C)C(CC(C)C(C)c1ccccc1)c1ccccc1)c1ccc(C(=O)O)cc1. The lowest BCUT2D eigenvalue weighted by Gasteiger charge is -2.47. The minimum Gasteiger partial charge on any atom is -0.478 e. The van der Waals surface area contributed by atoms with Gasteiger partial charge in [-0.1, -0.05) is 147 Å². The van der Waals surface area contributed by atoms with Crippen molar-refractivity contribution in [1.82, 2.24) is 0 Å². The highest BCUT2D eigenvalue weighted by Crippen LogP contribution is 2.55. The fourth-order valence-corrected chi connectivity index (χ4v) is 8.19. The highest BCUT2D eigenvalue weighted by molar-refractivity contribution is 5.88. The Kier molecular flexibility index (Phi) is 12.9. The summed E-state index contributed by atoms with van der Waals surface area (Å²) in [5.41, 5.74) is 5.44. The smallest absolute Gasteiger partial charge is 0.335 e. The normalized spacial score (nSPS) is 16.2. The number of carbonyl (C=O) groups is 2. The number of carboxylic acids is 2. The Labute approximate surface area is 301 Å². The molecule has 0 bridgehead atoms. The molecule has 6 atom stereocenters. The zero-order valence-electron chi connectivity index (χ0n) is 31.4. The van der Waals surface area contributed by atoms with Crippen molar-refractivity contribution in [2.45, 2.75) is 105 Å². The predicted molar refractivity (Wildman–Crippen MR) is 206 cm³/mol. The van der Waals surface area contributed by atoms with Gasteiger partial charge in [-0.3, -0.25) is 0 Å². The molecule has 4 aromatic rings. The van der Waals surface area contributed by atoms with Crippen LogP contribution in [0.1, 0.15) is 148 Å². The molecule has 0 saturated heterocycles. The van der Waals surface area contributed by atoms with Crippen molar-refractivity contribution in [3.63, 3.8) is 0 Å². The van der Waals surface area contributed by atoms with Gasteiger partial charge in [0.15, 0.2) is 0 Å². The molecule has 4 heteroatoms. The number of carboxylic acid groups (broad SMARTS) is 2. The summed E-state index contributed by atoms with van der Waals surface area (Å²) in [6, 6.07) is 36.9. The van der Waals surface area contributed by atoms with Gasteiger partial charge in [0.05, 0.1) is 11.1 Å². The molecule has 2 N–H and O–H groups in total. The number of rotatable bonds is 17. The van der Waals surface area contributed by atoms with Crippen molar-refractivity contribution in [3.8, 4) is 0 Å². The van der Waals surface area contributed by atoms with Crippen molar-refractivity contribution in [2.75, 3.05) is 0 Å². The van der Waals surface area contributed by atoms with Crippen molar-refractivity contribution >= 4 is 11.9 Å². The first-order valence-corrected chi connectivity index (χ1v) is 18.4. The first kappa shape index (κ1) is 38.6. The van der Waals surface area contributed by atoms with Gasteiger partial charge in [0.2, 0.25) is 0 Å². The molecule has 4 rings (SSSR count). The van der Waals surface area contributed by atoms with Crippen LogP contribution in [0.5, 0.6) is 0 Å². The molecule has 0 aromatic heterocycles. The molecule has 0 aliphatic rings. The summed E-state index contributed by atoms with van der Waals surface area (Å²) in [5.74, 6) is 0.0600. The maximum absolute atomic E-state index is 11.9. The van der Waals surface area contributed by atoms with E-state index in [1.54, 1.807) is 24.3 Å². The van der Waals surface area contributed by atoms with Gasteiger partial charge in [-0.2, -0.15) is 0 Å². The van der Waals surface area contributed by atoms with Crippen LogP contribution in [0.4, 0.5) is 0 Å². The Morgan fingerprint density at radius 3 is 1.46 bits per heavy atom. The van der Waals surface area contributed by atoms with Crippen LogP contribution >= 0.6 is 0 Å². The Bertz CT molecular complexity index is 1660. The average molecular weight is 675 g/mol. The van der Waals surface area contributed by atoms with E-state index >= 15 is 0 Å².